The van der Waals surface area contributed by atoms with Crippen LogP contribution in [0.2, 0.25) is 0 Å². The number of rotatable bonds is 4. The van der Waals surface area contributed by atoms with Crippen molar-refractivity contribution in [1.82, 2.24) is 15.0 Å². The third-order valence-corrected chi connectivity index (χ3v) is 8.16. The molecule has 0 radical (unpaired) electrons. The van der Waals surface area contributed by atoms with Gasteiger partial charge in [0.05, 0.1) is 0 Å². The summed E-state index contributed by atoms with van der Waals surface area (Å²) in [5, 5.41) is 4.33. The molecule has 0 N–H and O–H groups in total. The molecule has 206 valence electrons. The topological polar surface area (TPSA) is 65.0 Å². The molecule has 0 fully saturated rings. The van der Waals surface area contributed by atoms with Gasteiger partial charge in [-0.05, 0) is 47.5 Å². The summed E-state index contributed by atoms with van der Waals surface area (Å²) in [6, 6.07) is 47.0. The van der Waals surface area contributed by atoms with Gasteiger partial charge >= 0.3 is 0 Å². The van der Waals surface area contributed by atoms with Gasteiger partial charge in [0.1, 0.15) is 22.3 Å². The van der Waals surface area contributed by atoms with Crippen LogP contribution in [0, 0.1) is 0 Å². The predicted molar refractivity (Wildman–Crippen MR) is 176 cm³/mol. The van der Waals surface area contributed by atoms with E-state index >= 15 is 0 Å². The molecule has 44 heavy (non-hydrogen) atoms. The molecular weight excluding hydrogens is 542 g/mol. The van der Waals surface area contributed by atoms with Crippen LogP contribution < -0.4 is 0 Å². The molecule has 3 aromatic heterocycles. The number of furan rings is 2. The average Bonchev–Trinajstić information content (AvgIpc) is 3.67. The highest BCUT2D eigenvalue weighted by Gasteiger charge is 2.16. The number of nitrogens with zero attached hydrogens (tertiary/aromatic N) is 3. The summed E-state index contributed by atoms with van der Waals surface area (Å²) < 4.78 is 12.2. The van der Waals surface area contributed by atoms with Crippen molar-refractivity contribution in [2.24, 2.45) is 0 Å². The molecule has 0 amide bonds. The van der Waals surface area contributed by atoms with Crippen molar-refractivity contribution in [3.05, 3.63) is 140 Å². The minimum Gasteiger partial charge on any atom is -0.456 e. The van der Waals surface area contributed by atoms with Crippen LogP contribution in [0.5, 0.6) is 0 Å². The summed E-state index contributed by atoms with van der Waals surface area (Å²) >= 11 is 0. The Bertz CT molecular complexity index is 2490. The maximum atomic E-state index is 6.13. The summed E-state index contributed by atoms with van der Waals surface area (Å²) in [6.07, 6.45) is 0. The van der Waals surface area contributed by atoms with Gasteiger partial charge in [-0.15, -0.1) is 0 Å². The van der Waals surface area contributed by atoms with E-state index in [2.05, 4.69) is 48.5 Å². The molecular formula is C39H23N3O2. The van der Waals surface area contributed by atoms with Gasteiger partial charge in [0.15, 0.2) is 17.5 Å². The third-order valence-electron chi connectivity index (χ3n) is 8.16. The van der Waals surface area contributed by atoms with Crippen molar-refractivity contribution in [2.75, 3.05) is 0 Å². The smallest absolute Gasteiger partial charge is 0.164 e. The average molecular weight is 566 g/mol. The first-order valence-corrected chi connectivity index (χ1v) is 14.5. The molecule has 0 spiro atoms. The van der Waals surface area contributed by atoms with Crippen LogP contribution in [-0.4, -0.2) is 15.0 Å². The second kappa shape index (κ2) is 9.75. The summed E-state index contributed by atoms with van der Waals surface area (Å²) in [5.41, 5.74) is 8.44. The monoisotopic (exact) mass is 565 g/mol. The second-order valence-electron chi connectivity index (χ2n) is 10.8. The lowest BCUT2D eigenvalue weighted by molar-refractivity contribution is 0.668. The van der Waals surface area contributed by atoms with Crippen molar-refractivity contribution < 1.29 is 8.83 Å². The lowest BCUT2D eigenvalue weighted by atomic mass is 9.98. The standard InChI is InChI=1S/C39H23N3O2/c1-2-9-25(10-3-1)37-40-38(42-39(41-37)27-21-22-34-31(23-27)29-11-4-6-14-32(29)43-34)26-19-17-24(18-20-26)28-13-8-16-35-36(28)30-12-5-7-15-33(30)44-35/h1-23H. The Morgan fingerprint density at radius 3 is 1.64 bits per heavy atom. The Morgan fingerprint density at radius 1 is 0.341 bits per heavy atom. The van der Waals surface area contributed by atoms with Gasteiger partial charge < -0.3 is 8.83 Å². The fraction of sp³-hybridized carbons (Fsp3) is 0. The van der Waals surface area contributed by atoms with Crippen LogP contribution in [0.4, 0.5) is 0 Å². The van der Waals surface area contributed by atoms with Gasteiger partial charge in [-0.25, -0.2) is 15.0 Å². The Balaban J connectivity index is 1.18. The SMILES string of the molecule is c1ccc(-c2nc(-c3ccc(-c4cccc5oc6ccccc6c45)cc3)nc(-c3ccc4oc5ccccc5c4c3)n2)cc1. The van der Waals surface area contributed by atoms with E-state index in [4.69, 9.17) is 23.8 Å². The molecule has 0 aliphatic rings. The van der Waals surface area contributed by atoms with Gasteiger partial charge in [0, 0.05) is 38.2 Å². The lowest BCUT2D eigenvalue weighted by Crippen LogP contribution is -2.00. The second-order valence-corrected chi connectivity index (χ2v) is 10.8. The number of aromatic nitrogens is 3. The van der Waals surface area contributed by atoms with E-state index in [1.165, 1.54) is 0 Å². The number of hydrogen-bond acceptors (Lipinski definition) is 5. The van der Waals surface area contributed by atoms with E-state index in [1.54, 1.807) is 0 Å². The highest BCUT2D eigenvalue weighted by atomic mass is 16.3. The van der Waals surface area contributed by atoms with Crippen LogP contribution in [0.3, 0.4) is 0 Å². The Labute approximate surface area is 252 Å². The minimum absolute atomic E-state index is 0.611. The van der Waals surface area contributed by atoms with Crippen molar-refractivity contribution in [2.45, 2.75) is 0 Å². The highest BCUT2D eigenvalue weighted by molar-refractivity contribution is 6.12. The zero-order chi connectivity index (χ0) is 29.0. The predicted octanol–water partition coefficient (Wildman–Crippen LogP) is 10.3. The van der Waals surface area contributed by atoms with Crippen LogP contribution in [0.15, 0.2) is 148 Å². The molecule has 0 aliphatic carbocycles. The first-order chi connectivity index (χ1) is 21.8. The van der Waals surface area contributed by atoms with Gasteiger partial charge in [-0.1, -0.05) is 103 Å². The van der Waals surface area contributed by atoms with Gasteiger partial charge in [0.25, 0.3) is 0 Å². The zero-order valence-corrected chi connectivity index (χ0v) is 23.4. The molecule has 3 heterocycles. The van der Waals surface area contributed by atoms with E-state index in [0.29, 0.717) is 17.5 Å². The van der Waals surface area contributed by atoms with Crippen molar-refractivity contribution >= 4 is 43.9 Å². The fourth-order valence-corrected chi connectivity index (χ4v) is 6.03. The van der Waals surface area contributed by atoms with E-state index in [1.807, 2.05) is 91.0 Å². The van der Waals surface area contributed by atoms with E-state index in [-0.39, 0.29) is 0 Å². The molecule has 0 bridgehead atoms. The minimum atomic E-state index is 0.611. The van der Waals surface area contributed by atoms with Crippen LogP contribution in [0.25, 0.3) is 89.2 Å². The van der Waals surface area contributed by atoms with Crippen molar-refractivity contribution in [3.8, 4) is 45.3 Å². The quantitative estimate of drug-likeness (QED) is 0.212. The molecule has 6 aromatic carbocycles. The van der Waals surface area contributed by atoms with Crippen LogP contribution >= 0.6 is 0 Å². The normalized spacial score (nSPS) is 11.6. The molecule has 0 unspecified atom stereocenters. The molecule has 9 rings (SSSR count). The number of para-hydroxylation sites is 2. The van der Waals surface area contributed by atoms with E-state index in [0.717, 1.165) is 71.7 Å². The fourth-order valence-electron chi connectivity index (χ4n) is 6.03. The Kier molecular flexibility index (Phi) is 5.43. The van der Waals surface area contributed by atoms with Gasteiger partial charge in [-0.2, -0.15) is 0 Å². The maximum absolute atomic E-state index is 6.13. The van der Waals surface area contributed by atoms with E-state index in [9.17, 15) is 0 Å². The van der Waals surface area contributed by atoms with Crippen LogP contribution in [-0.2, 0) is 0 Å². The lowest BCUT2D eigenvalue weighted by Gasteiger charge is -2.09. The summed E-state index contributed by atoms with van der Waals surface area (Å²) in [6.45, 7) is 0. The molecule has 9 aromatic rings. The number of hydrogen-bond donors (Lipinski definition) is 0. The largest absolute Gasteiger partial charge is 0.456 e. The molecule has 0 saturated heterocycles. The van der Waals surface area contributed by atoms with E-state index < -0.39 is 0 Å². The first kappa shape index (κ1) is 24.5. The summed E-state index contributed by atoms with van der Waals surface area (Å²) in [4.78, 5) is 14.8. The molecule has 5 nitrogen and oxygen atoms in total. The summed E-state index contributed by atoms with van der Waals surface area (Å²) in [5.74, 6) is 1.85. The number of benzene rings is 6. The van der Waals surface area contributed by atoms with Gasteiger partial charge in [-0.3, -0.25) is 0 Å². The molecule has 0 atom stereocenters. The number of fused-ring (bicyclic) bond motifs is 6. The third kappa shape index (κ3) is 3.98. The highest BCUT2D eigenvalue weighted by Crippen LogP contribution is 2.37. The first-order valence-electron chi connectivity index (χ1n) is 14.5. The molecule has 0 aliphatic heterocycles. The van der Waals surface area contributed by atoms with Crippen molar-refractivity contribution in [3.63, 3.8) is 0 Å². The zero-order valence-electron chi connectivity index (χ0n) is 23.4. The molecule has 5 heteroatoms. The van der Waals surface area contributed by atoms with Crippen LogP contribution in [0.1, 0.15) is 0 Å². The van der Waals surface area contributed by atoms with Gasteiger partial charge in [0.2, 0.25) is 0 Å². The Morgan fingerprint density at radius 2 is 0.864 bits per heavy atom. The maximum Gasteiger partial charge on any atom is 0.164 e. The Hall–Kier alpha value is -6.07. The van der Waals surface area contributed by atoms with Crippen molar-refractivity contribution in [1.29, 1.82) is 0 Å². The summed E-state index contributed by atoms with van der Waals surface area (Å²) in [7, 11) is 0. The molecule has 0 saturated carbocycles.